The lowest BCUT2D eigenvalue weighted by molar-refractivity contribution is 0.0691. The molecule has 0 unspecified atom stereocenters. The Bertz CT molecular complexity index is 928. The number of hydrogen-bond acceptors (Lipinski definition) is 2. The molecular formula is C23H22O3. The first kappa shape index (κ1) is 17.7. The molecule has 0 radical (unpaired) electrons. The maximum Gasteiger partial charge on any atom is 0.339 e. The number of rotatable bonds is 6. The van der Waals surface area contributed by atoms with Gasteiger partial charge in [0.2, 0.25) is 0 Å². The highest BCUT2D eigenvalue weighted by Crippen LogP contribution is 2.24. The van der Waals surface area contributed by atoms with Crippen LogP contribution in [0.1, 0.15) is 38.2 Å². The summed E-state index contributed by atoms with van der Waals surface area (Å²) in [6, 6.07) is 21.5. The highest BCUT2D eigenvalue weighted by Gasteiger charge is 2.13. The van der Waals surface area contributed by atoms with E-state index in [1.165, 1.54) is 11.1 Å². The van der Waals surface area contributed by atoms with Crippen LogP contribution in [0, 0.1) is 13.8 Å². The minimum Gasteiger partial charge on any atom is -0.488 e. The van der Waals surface area contributed by atoms with Crippen LogP contribution in [0.2, 0.25) is 0 Å². The van der Waals surface area contributed by atoms with E-state index in [2.05, 4.69) is 19.1 Å². The standard InChI is InChI=1S/C23H22O3/c1-16-7-3-5-9-19(16)13-18-11-12-22(21(14-18)23(24)25)26-15-20-10-6-4-8-17(20)2/h3-12,14H,13,15H2,1-2H3,(H,24,25). The third kappa shape index (κ3) is 4.12. The number of aromatic carboxylic acids is 1. The molecular weight excluding hydrogens is 324 g/mol. The fraction of sp³-hybridized carbons (Fsp3) is 0.174. The number of ether oxygens (including phenoxy) is 1. The van der Waals surface area contributed by atoms with Gasteiger partial charge in [0.25, 0.3) is 0 Å². The molecule has 0 heterocycles. The van der Waals surface area contributed by atoms with Crippen LogP contribution in [0.3, 0.4) is 0 Å². The SMILES string of the molecule is Cc1ccccc1COc1ccc(Cc2ccccc2C)cc1C(=O)O. The molecule has 3 aromatic carbocycles. The molecule has 3 aromatic rings. The molecule has 0 bridgehead atoms. The van der Waals surface area contributed by atoms with Crippen molar-refractivity contribution in [2.75, 3.05) is 0 Å². The zero-order valence-corrected chi connectivity index (χ0v) is 15.0. The summed E-state index contributed by atoms with van der Waals surface area (Å²) in [5, 5.41) is 9.58. The van der Waals surface area contributed by atoms with Gasteiger partial charge in [0.05, 0.1) is 0 Å². The second kappa shape index (κ2) is 7.87. The van der Waals surface area contributed by atoms with Gasteiger partial charge in [-0.1, -0.05) is 54.6 Å². The van der Waals surface area contributed by atoms with Crippen molar-refractivity contribution in [2.45, 2.75) is 26.9 Å². The Morgan fingerprint density at radius 2 is 1.50 bits per heavy atom. The average Bonchev–Trinajstić information content (AvgIpc) is 2.63. The van der Waals surface area contributed by atoms with Gasteiger partial charge in [0.15, 0.2) is 0 Å². The molecule has 132 valence electrons. The van der Waals surface area contributed by atoms with Gasteiger partial charge in [0.1, 0.15) is 17.9 Å². The van der Waals surface area contributed by atoms with Gasteiger partial charge < -0.3 is 9.84 Å². The minimum absolute atomic E-state index is 0.199. The van der Waals surface area contributed by atoms with E-state index in [0.29, 0.717) is 18.8 Å². The smallest absolute Gasteiger partial charge is 0.339 e. The first-order valence-electron chi connectivity index (χ1n) is 8.62. The van der Waals surface area contributed by atoms with Gasteiger partial charge >= 0.3 is 5.97 Å². The third-order valence-corrected chi connectivity index (χ3v) is 4.57. The number of carboxylic acid groups (broad SMARTS) is 1. The molecule has 26 heavy (non-hydrogen) atoms. The van der Waals surface area contributed by atoms with Crippen molar-refractivity contribution in [3.8, 4) is 5.75 Å². The summed E-state index contributed by atoms with van der Waals surface area (Å²) in [6.07, 6.45) is 0.699. The van der Waals surface area contributed by atoms with Crippen LogP contribution < -0.4 is 4.74 Å². The van der Waals surface area contributed by atoms with E-state index < -0.39 is 5.97 Å². The molecule has 3 nitrogen and oxygen atoms in total. The zero-order chi connectivity index (χ0) is 18.5. The summed E-state index contributed by atoms with van der Waals surface area (Å²) in [4.78, 5) is 11.7. The molecule has 0 fully saturated rings. The third-order valence-electron chi connectivity index (χ3n) is 4.57. The molecule has 0 aliphatic rings. The van der Waals surface area contributed by atoms with E-state index >= 15 is 0 Å². The topological polar surface area (TPSA) is 46.5 Å². The Morgan fingerprint density at radius 3 is 2.12 bits per heavy atom. The molecule has 0 aliphatic heterocycles. The van der Waals surface area contributed by atoms with Gasteiger partial charge in [-0.25, -0.2) is 4.79 Å². The molecule has 0 aliphatic carbocycles. The van der Waals surface area contributed by atoms with Gasteiger partial charge in [-0.05, 0) is 60.2 Å². The van der Waals surface area contributed by atoms with E-state index in [9.17, 15) is 9.90 Å². The molecule has 0 amide bonds. The van der Waals surface area contributed by atoms with Crippen LogP contribution in [-0.2, 0) is 13.0 Å². The van der Waals surface area contributed by atoms with E-state index in [-0.39, 0.29) is 5.56 Å². The van der Waals surface area contributed by atoms with E-state index in [1.807, 2.05) is 49.4 Å². The highest BCUT2D eigenvalue weighted by atomic mass is 16.5. The lowest BCUT2D eigenvalue weighted by atomic mass is 9.99. The Hall–Kier alpha value is -3.07. The normalized spacial score (nSPS) is 10.5. The van der Waals surface area contributed by atoms with E-state index in [4.69, 9.17) is 4.74 Å². The Kier molecular flexibility index (Phi) is 5.37. The van der Waals surface area contributed by atoms with Crippen molar-refractivity contribution >= 4 is 5.97 Å². The number of carbonyl (C=O) groups is 1. The van der Waals surface area contributed by atoms with Crippen LogP contribution >= 0.6 is 0 Å². The van der Waals surface area contributed by atoms with Crippen LogP contribution in [0.5, 0.6) is 5.75 Å². The van der Waals surface area contributed by atoms with Crippen LogP contribution in [-0.4, -0.2) is 11.1 Å². The van der Waals surface area contributed by atoms with E-state index in [1.54, 1.807) is 12.1 Å². The Morgan fingerprint density at radius 1 is 0.885 bits per heavy atom. The zero-order valence-electron chi connectivity index (χ0n) is 15.0. The largest absolute Gasteiger partial charge is 0.488 e. The van der Waals surface area contributed by atoms with Gasteiger partial charge in [-0.2, -0.15) is 0 Å². The van der Waals surface area contributed by atoms with Crippen molar-refractivity contribution in [3.63, 3.8) is 0 Å². The fourth-order valence-electron chi connectivity index (χ4n) is 2.94. The van der Waals surface area contributed by atoms with Gasteiger partial charge in [-0.15, -0.1) is 0 Å². The van der Waals surface area contributed by atoms with Crippen molar-refractivity contribution < 1.29 is 14.6 Å². The summed E-state index contributed by atoms with van der Waals surface area (Å²) in [5.41, 5.74) is 5.72. The summed E-state index contributed by atoms with van der Waals surface area (Å²) >= 11 is 0. The number of aryl methyl sites for hydroxylation is 2. The first-order chi connectivity index (χ1) is 12.5. The Labute approximate surface area is 153 Å². The van der Waals surface area contributed by atoms with Gasteiger partial charge in [-0.3, -0.25) is 0 Å². The molecule has 0 atom stereocenters. The lowest BCUT2D eigenvalue weighted by Crippen LogP contribution is -2.05. The second-order valence-corrected chi connectivity index (χ2v) is 6.45. The number of benzene rings is 3. The van der Waals surface area contributed by atoms with E-state index in [0.717, 1.165) is 16.7 Å². The predicted molar refractivity (Wildman–Crippen MR) is 103 cm³/mol. The molecule has 1 N–H and O–H groups in total. The molecule has 0 spiro atoms. The van der Waals surface area contributed by atoms with Crippen molar-refractivity contribution in [3.05, 3.63) is 100 Å². The predicted octanol–water partition coefficient (Wildman–Crippen LogP) is 5.17. The number of hydrogen-bond donors (Lipinski definition) is 1. The summed E-state index contributed by atoms with van der Waals surface area (Å²) in [5.74, 6) is -0.578. The highest BCUT2D eigenvalue weighted by molar-refractivity contribution is 5.91. The average molecular weight is 346 g/mol. The Balaban J connectivity index is 1.82. The molecule has 0 saturated heterocycles. The number of carboxylic acids is 1. The first-order valence-corrected chi connectivity index (χ1v) is 8.62. The molecule has 0 saturated carbocycles. The van der Waals surface area contributed by atoms with Crippen molar-refractivity contribution in [1.29, 1.82) is 0 Å². The quantitative estimate of drug-likeness (QED) is 0.669. The fourth-order valence-corrected chi connectivity index (χ4v) is 2.94. The second-order valence-electron chi connectivity index (χ2n) is 6.45. The van der Waals surface area contributed by atoms with Crippen molar-refractivity contribution in [1.82, 2.24) is 0 Å². The molecule has 3 heteroatoms. The lowest BCUT2D eigenvalue weighted by Gasteiger charge is -2.13. The summed E-state index contributed by atoms with van der Waals surface area (Å²) in [7, 11) is 0. The van der Waals surface area contributed by atoms with Crippen LogP contribution in [0.4, 0.5) is 0 Å². The van der Waals surface area contributed by atoms with Crippen molar-refractivity contribution in [2.24, 2.45) is 0 Å². The van der Waals surface area contributed by atoms with Gasteiger partial charge in [0, 0.05) is 0 Å². The molecule has 0 aromatic heterocycles. The summed E-state index contributed by atoms with van der Waals surface area (Å²) < 4.78 is 5.81. The monoisotopic (exact) mass is 346 g/mol. The van der Waals surface area contributed by atoms with Crippen LogP contribution in [0.15, 0.2) is 66.7 Å². The maximum absolute atomic E-state index is 11.7. The summed E-state index contributed by atoms with van der Waals surface area (Å²) in [6.45, 7) is 4.43. The molecule has 3 rings (SSSR count). The maximum atomic E-state index is 11.7. The minimum atomic E-state index is -0.976. The van der Waals surface area contributed by atoms with Crippen LogP contribution in [0.25, 0.3) is 0 Å².